The summed E-state index contributed by atoms with van der Waals surface area (Å²) in [5, 5.41) is 0. The summed E-state index contributed by atoms with van der Waals surface area (Å²) < 4.78 is 16.9. The van der Waals surface area contributed by atoms with Gasteiger partial charge in [-0.15, -0.1) is 0 Å². The van der Waals surface area contributed by atoms with Crippen molar-refractivity contribution in [3.63, 3.8) is 0 Å². The summed E-state index contributed by atoms with van der Waals surface area (Å²) in [5.74, 6) is -0.846. The van der Waals surface area contributed by atoms with Crippen molar-refractivity contribution < 1.29 is 28.6 Å². The van der Waals surface area contributed by atoms with Crippen LogP contribution in [-0.4, -0.2) is 37.2 Å². The fourth-order valence-electron chi connectivity index (χ4n) is 9.65. The van der Waals surface area contributed by atoms with Crippen molar-refractivity contribution in [3.8, 4) is 0 Å². The molecule has 0 aliphatic carbocycles. The number of hydrogen-bond donors (Lipinski definition) is 0. The number of hydrogen-bond acceptors (Lipinski definition) is 6. The van der Waals surface area contributed by atoms with E-state index in [4.69, 9.17) is 14.2 Å². The SMILES string of the molecule is CC/C=C\C/C=C\C/C=C\C/C=C\C/C=C\CCCCCCCCCCCCCCCCCCCC(=O)OCC(COC(=O)CCCCCCCCCCCCCC)OC(=O)CCCCCCCCCCCCCC. The van der Waals surface area contributed by atoms with E-state index < -0.39 is 6.10 Å². The van der Waals surface area contributed by atoms with E-state index in [-0.39, 0.29) is 31.1 Å². The summed E-state index contributed by atoms with van der Waals surface area (Å²) >= 11 is 0. The molecule has 0 aliphatic rings. The van der Waals surface area contributed by atoms with E-state index in [1.54, 1.807) is 0 Å². The lowest BCUT2D eigenvalue weighted by Gasteiger charge is -2.18. The average Bonchev–Trinajstić information content (AvgIpc) is 3.41. The largest absolute Gasteiger partial charge is 0.462 e. The number of esters is 3. The van der Waals surface area contributed by atoms with E-state index in [9.17, 15) is 14.4 Å². The third-order valence-corrected chi connectivity index (χ3v) is 14.5. The van der Waals surface area contributed by atoms with Crippen molar-refractivity contribution in [2.45, 2.75) is 348 Å². The zero-order valence-corrected chi connectivity index (χ0v) is 50.1. The van der Waals surface area contributed by atoms with Crippen LogP contribution in [0.15, 0.2) is 60.8 Å². The third-order valence-electron chi connectivity index (χ3n) is 14.5. The molecule has 0 radical (unpaired) electrons. The van der Waals surface area contributed by atoms with Crippen molar-refractivity contribution in [3.05, 3.63) is 60.8 Å². The van der Waals surface area contributed by atoms with Gasteiger partial charge in [-0.3, -0.25) is 14.4 Å². The normalized spacial score (nSPS) is 12.4. The lowest BCUT2D eigenvalue weighted by atomic mass is 10.0. The van der Waals surface area contributed by atoms with E-state index in [1.807, 2.05) is 0 Å². The fraction of sp³-hybridized carbons (Fsp3) is 0.812. The molecule has 0 saturated heterocycles. The molecule has 0 aromatic rings. The maximum atomic E-state index is 12.8. The van der Waals surface area contributed by atoms with Crippen molar-refractivity contribution in [1.82, 2.24) is 0 Å². The van der Waals surface area contributed by atoms with Crippen LogP contribution in [0.4, 0.5) is 0 Å². The van der Waals surface area contributed by atoms with Crippen molar-refractivity contribution >= 4 is 17.9 Å². The van der Waals surface area contributed by atoms with E-state index in [0.29, 0.717) is 19.3 Å². The van der Waals surface area contributed by atoms with Crippen LogP contribution in [0, 0.1) is 0 Å². The molecule has 0 heterocycles. The highest BCUT2D eigenvalue weighted by Crippen LogP contribution is 2.18. The molecule has 6 nitrogen and oxygen atoms in total. The molecule has 0 spiro atoms. The van der Waals surface area contributed by atoms with Crippen LogP contribution in [0.3, 0.4) is 0 Å². The maximum absolute atomic E-state index is 12.8. The zero-order valence-electron chi connectivity index (χ0n) is 50.1. The Morgan fingerprint density at radius 2 is 0.520 bits per heavy atom. The molecule has 1 unspecified atom stereocenters. The topological polar surface area (TPSA) is 78.9 Å². The van der Waals surface area contributed by atoms with Gasteiger partial charge in [-0.1, -0.05) is 319 Å². The number of ether oxygens (including phenoxy) is 3. The number of unbranched alkanes of at least 4 members (excludes halogenated alkanes) is 39. The quantitative estimate of drug-likeness (QED) is 0.0261. The second-order valence-electron chi connectivity index (χ2n) is 22.0. The van der Waals surface area contributed by atoms with Gasteiger partial charge in [0.15, 0.2) is 6.10 Å². The first-order chi connectivity index (χ1) is 37.0. The first kappa shape index (κ1) is 72.1. The first-order valence-corrected chi connectivity index (χ1v) is 32.8. The van der Waals surface area contributed by atoms with Crippen LogP contribution in [-0.2, 0) is 28.6 Å². The molecule has 1 atom stereocenters. The van der Waals surface area contributed by atoms with Crippen molar-refractivity contribution in [1.29, 1.82) is 0 Å². The molecule has 0 rings (SSSR count). The first-order valence-electron chi connectivity index (χ1n) is 32.8. The van der Waals surface area contributed by atoms with Gasteiger partial charge in [-0.25, -0.2) is 0 Å². The molecular weight excluding hydrogens is 925 g/mol. The Hall–Kier alpha value is -2.89. The Labute approximate surface area is 466 Å². The van der Waals surface area contributed by atoms with Gasteiger partial charge in [0.2, 0.25) is 0 Å². The minimum atomic E-state index is -0.767. The number of rotatable bonds is 60. The molecule has 75 heavy (non-hydrogen) atoms. The van der Waals surface area contributed by atoms with Crippen LogP contribution in [0.5, 0.6) is 0 Å². The van der Waals surface area contributed by atoms with Gasteiger partial charge >= 0.3 is 17.9 Å². The Morgan fingerprint density at radius 1 is 0.280 bits per heavy atom. The van der Waals surface area contributed by atoms with E-state index in [0.717, 1.165) is 89.9 Å². The van der Waals surface area contributed by atoms with Gasteiger partial charge in [0.25, 0.3) is 0 Å². The van der Waals surface area contributed by atoms with Crippen LogP contribution in [0.25, 0.3) is 0 Å². The van der Waals surface area contributed by atoms with Crippen molar-refractivity contribution in [2.75, 3.05) is 13.2 Å². The van der Waals surface area contributed by atoms with E-state index in [1.165, 1.54) is 212 Å². The molecule has 0 aromatic heterocycles. The zero-order chi connectivity index (χ0) is 54.3. The van der Waals surface area contributed by atoms with Gasteiger partial charge in [0, 0.05) is 19.3 Å². The summed E-state index contributed by atoms with van der Waals surface area (Å²) in [6.45, 7) is 6.56. The highest BCUT2D eigenvalue weighted by molar-refractivity contribution is 5.71. The summed E-state index contributed by atoms with van der Waals surface area (Å²) in [6.07, 6.45) is 81.0. The van der Waals surface area contributed by atoms with Gasteiger partial charge < -0.3 is 14.2 Å². The lowest BCUT2D eigenvalue weighted by Crippen LogP contribution is -2.30. The van der Waals surface area contributed by atoms with E-state index in [2.05, 4.69) is 81.5 Å². The van der Waals surface area contributed by atoms with Crippen LogP contribution in [0.1, 0.15) is 342 Å². The Kier molecular flexibility index (Phi) is 61.2. The fourth-order valence-corrected chi connectivity index (χ4v) is 9.65. The molecule has 0 bridgehead atoms. The van der Waals surface area contributed by atoms with Crippen LogP contribution < -0.4 is 0 Å². The van der Waals surface area contributed by atoms with Crippen LogP contribution in [0.2, 0.25) is 0 Å². The highest BCUT2D eigenvalue weighted by atomic mass is 16.6. The predicted octanol–water partition coefficient (Wildman–Crippen LogP) is 22.3. The van der Waals surface area contributed by atoms with Gasteiger partial charge in [-0.2, -0.15) is 0 Å². The molecule has 0 N–H and O–H groups in total. The maximum Gasteiger partial charge on any atom is 0.306 e. The smallest absolute Gasteiger partial charge is 0.306 e. The monoisotopic (exact) mass is 1050 g/mol. The average molecular weight is 1050 g/mol. The Balaban J connectivity index is 4.06. The molecule has 0 saturated carbocycles. The van der Waals surface area contributed by atoms with Crippen molar-refractivity contribution in [2.24, 2.45) is 0 Å². The highest BCUT2D eigenvalue weighted by Gasteiger charge is 2.19. The second kappa shape index (κ2) is 63.6. The minimum Gasteiger partial charge on any atom is -0.462 e. The number of carbonyl (C=O) groups is 3. The molecule has 0 aliphatic heterocycles. The van der Waals surface area contributed by atoms with Gasteiger partial charge in [-0.05, 0) is 64.2 Å². The minimum absolute atomic E-state index is 0.0666. The summed E-state index contributed by atoms with van der Waals surface area (Å²) in [6, 6.07) is 0. The van der Waals surface area contributed by atoms with Gasteiger partial charge in [0.1, 0.15) is 13.2 Å². The number of allylic oxidation sites excluding steroid dienone is 10. The third kappa shape index (κ3) is 61.8. The van der Waals surface area contributed by atoms with Gasteiger partial charge in [0.05, 0.1) is 0 Å². The molecule has 436 valence electrons. The summed E-state index contributed by atoms with van der Waals surface area (Å²) in [4.78, 5) is 38.2. The number of carbonyl (C=O) groups excluding carboxylic acids is 3. The predicted molar refractivity (Wildman–Crippen MR) is 325 cm³/mol. The second-order valence-corrected chi connectivity index (χ2v) is 22.0. The molecule has 0 aromatic carbocycles. The summed E-state index contributed by atoms with van der Waals surface area (Å²) in [5.41, 5.74) is 0. The lowest BCUT2D eigenvalue weighted by molar-refractivity contribution is -0.167. The molecule has 0 fully saturated rings. The van der Waals surface area contributed by atoms with Crippen LogP contribution >= 0.6 is 0 Å². The molecule has 6 heteroatoms. The molecular formula is C69H124O6. The summed E-state index contributed by atoms with van der Waals surface area (Å²) in [7, 11) is 0. The van der Waals surface area contributed by atoms with E-state index >= 15 is 0 Å². The standard InChI is InChI=1S/C69H124O6/c1-4-7-10-13-16-19-22-25-26-27-28-29-30-31-32-33-34-35-36-37-38-39-40-41-42-43-44-45-48-50-53-56-59-62-68(71)74-65-66(75-69(72)63-60-57-54-51-47-24-21-18-15-12-9-6-3)64-73-67(70)61-58-55-52-49-46-23-20-17-14-11-8-5-2/h7,10,16,19,25-26,28-29,31-32,66H,4-6,8-9,11-15,17-18,20-24,27,30,33-65H2,1-3H3/b10-7-,19-16-,26-25-,29-28-,32-31-. The molecule has 0 amide bonds. The Bertz CT molecular complexity index is 1340. The Morgan fingerprint density at radius 3 is 0.813 bits per heavy atom.